The van der Waals surface area contributed by atoms with Crippen molar-refractivity contribution in [3.05, 3.63) is 46.2 Å². The van der Waals surface area contributed by atoms with Gasteiger partial charge in [0.15, 0.2) is 5.96 Å². The molecule has 0 spiro atoms. The second-order valence-electron chi connectivity index (χ2n) is 7.61. The molecule has 0 aliphatic carbocycles. The lowest BCUT2D eigenvalue weighted by atomic mass is 9.91. The van der Waals surface area contributed by atoms with E-state index in [1.165, 1.54) is 4.90 Å². The molecule has 2 aromatic rings. The van der Waals surface area contributed by atoms with Gasteiger partial charge in [-0.1, -0.05) is 12.1 Å². The lowest BCUT2D eigenvalue weighted by Crippen LogP contribution is -2.48. The third-order valence-corrected chi connectivity index (χ3v) is 6.74. The summed E-state index contributed by atoms with van der Waals surface area (Å²) < 4.78 is 5.42. The highest BCUT2D eigenvalue weighted by atomic mass is 32.1. The molecule has 156 valence electrons. The van der Waals surface area contributed by atoms with E-state index in [-0.39, 0.29) is 23.8 Å². The van der Waals surface area contributed by atoms with Crippen molar-refractivity contribution in [3.8, 4) is 17.2 Å². The maximum absolute atomic E-state index is 13.0. The zero-order chi connectivity index (χ0) is 21.1. The number of hydrogen-bond donors (Lipinski definition) is 1. The van der Waals surface area contributed by atoms with Crippen LogP contribution < -0.4 is 5.73 Å². The fraction of sp³-hybridized carbons (Fsp3) is 0.409. The van der Waals surface area contributed by atoms with Crippen LogP contribution in [0.2, 0.25) is 0 Å². The van der Waals surface area contributed by atoms with E-state index in [4.69, 9.17) is 15.7 Å². The number of morpholine rings is 1. The smallest absolute Gasteiger partial charge is 0.234 e. The summed E-state index contributed by atoms with van der Waals surface area (Å²) in [4.78, 5) is 22.5. The van der Waals surface area contributed by atoms with Crippen molar-refractivity contribution in [1.82, 2.24) is 9.80 Å². The summed E-state index contributed by atoms with van der Waals surface area (Å²) in [5.41, 5.74) is 8.69. The van der Waals surface area contributed by atoms with E-state index in [1.54, 1.807) is 24.5 Å². The van der Waals surface area contributed by atoms with Crippen molar-refractivity contribution in [2.75, 3.05) is 39.9 Å². The molecule has 8 heteroatoms. The topological polar surface area (TPSA) is 95.0 Å². The van der Waals surface area contributed by atoms with Gasteiger partial charge in [0.1, 0.15) is 0 Å². The van der Waals surface area contributed by atoms with Crippen molar-refractivity contribution in [1.29, 1.82) is 5.26 Å². The van der Waals surface area contributed by atoms with Gasteiger partial charge in [-0.25, -0.2) is 4.99 Å². The van der Waals surface area contributed by atoms with Crippen molar-refractivity contribution < 1.29 is 9.53 Å². The fourth-order valence-corrected chi connectivity index (χ4v) is 4.95. The maximum Gasteiger partial charge on any atom is 0.234 e. The molecule has 7 nitrogen and oxygen atoms in total. The summed E-state index contributed by atoms with van der Waals surface area (Å²) in [6, 6.07) is 11.5. The Morgan fingerprint density at radius 2 is 2.10 bits per heavy atom. The van der Waals surface area contributed by atoms with Gasteiger partial charge in [0.25, 0.3) is 0 Å². The zero-order valence-corrected chi connectivity index (χ0v) is 17.8. The Bertz CT molecular complexity index is 989. The molecule has 2 N–H and O–H groups in total. The Balaban J connectivity index is 1.58. The molecular formula is C22H25N5O2S. The van der Waals surface area contributed by atoms with Gasteiger partial charge in [-0.2, -0.15) is 5.26 Å². The number of ether oxygens (including phenoxy) is 1. The highest BCUT2D eigenvalue weighted by Crippen LogP contribution is 2.39. The number of carbonyl (C=O) groups excluding carboxylic acids is 1. The summed E-state index contributed by atoms with van der Waals surface area (Å²) in [6.07, 6.45) is 0.724. The standard InChI is InChI=1S/C22H25N5O2S/c1-26-21(28)18(5-6-27-7-9-29-10-8-27)20(25-22(26)24)19-12-17(14-30-19)16-4-2-3-15(11-16)13-23/h2-4,11-12,14,18,20H,5-10H2,1H3,(H2,24,25)/t18-,20?/m1/s1. The van der Waals surface area contributed by atoms with Crippen LogP contribution in [0.4, 0.5) is 0 Å². The number of nitrogens with zero attached hydrogens (tertiary/aromatic N) is 4. The van der Waals surface area contributed by atoms with E-state index < -0.39 is 0 Å². The molecule has 2 atom stereocenters. The number of nitrogens with two attached hydrogens (primary N) is 1. The monoisotopic (exact) mass is 423 g/mol. The Hall–Kier alpha value is -2.73. The average Bonchev–Trinajstić information content (AvgIpc) is 3.27. The second-order valence-corrected chi connectivity index (χ2v) is 8.55. The van der Waals surface area contributed by atoms with Crippen molar-refractivity contribution in [3.63, 3.8) is 0 Å². The van der Waals surface area contributed by atoms with Crippen LogP contribution >= 0.6 is 11.3 Å². The predicted octanol–water partition coefficient (Wildman–Crippen LogP) is 2.45. The van der Waals surface area contributed by atoms with Crippen molar-refractivity contribution in [2.45, 2.75) is 12.5 Å². The number of thiophene rings is 1. The minimum atomic E-state index is -0.285. The molecule has 1 aromatic heterocycles. The van der Waals surface area contributed by atoms with Crippen LogP contribution in [0.5, 0.6) is 0 Å². The average molecular weight is 424 g/mol. The molecular weight excluding hydrogens is 398 g/mol. The third kappa shape index (κ3) is 4.24. The number of amides is 1. The third-order valence-electron chi connectivity index (χ3n) is 5.74. The van der Waals surface area contributed by atoms with E-state index in [9.17, 15) is 4.79 Å². The molecule has 1 saturated heterocycles. The number of benzene rings is 1. The molecule has 0 saturated carbocycles. The Kier molecular flexibility index (Phi) is 6.13. The number of guanidine groups is 1. The lowest BCUT2D eigenvalue weighted by Gasteiger charge is -2.34. The van der Waals surface area contributed by atoms with Crippen LogP contribution in [0, 0.1) is 17.2 Å². The van der Waals surface area contributed by atoms with Crippen molar-refractivity contribution >= 4 is 23.2 Å². The molecule has 2 aliphatic rings. The van der Waals surface area contributed by atoms with E-state index in [0.29, 0.717) is 5.56 Å². The lowest BCUT2D eigenvalue weighted by molar-refractivity contribution is -0.132. The summed E-state index contributed by atoms with van der Waals surface area (Å²) in [7, 11) is 1.69. The summed E-state index contributed by atoms with van der Waals surface area (Å²) in [5, 5.41) is 11.2. The summed E-state index contributed by atoms with van der Waals surface area (Å²) in [6.45, 7) is 4.10. The van der Waals surface area contributed by atoms with Crippen LogP contribution in [-0.2, 0) is 9.53 Å². The fourth-order valence-electron chi connectivity index (χ4n) is 3.93. The first kappa shape index (κ1) is 20.5. The van der Waals surface area contributed by atoms with Gasteiger partial charge < -0.3 is 10.5 Å². The van der Waals surface area contributed by atoms with E-state index in [2.05, 4.69) is 27.4 Å². The quantitative estimate of drug-likeness (QED) is 0.797. The summed E-state index contributed by atoms with van der Waals surface area (Å²) in [5.74, 6) is 0.0262. The molecule has 1 amide bonds. The van der Waals surface area contributed by atoms with E-state index >= 15 is 0 Å². The highest BCUT2D eigenvalue weighted by Gasteiger charge is 2.37. The first-order chi connectivity index (χ1) is 14.6. The van der Waals surface area contributed by atoms with Gasteiger partial charge in [-0.3, -0.25) is 14.6 Å². The van der Waals surface area contributed by atoms with Crippen molar-refractivity contribution in [2.24, 2.45) is 16.6 Å². The molecule has 1 fully saturated rings. The number of hydrogen-bond acceptors (Lipinski definition) is 7. The molecule has 0 radical (unpaired) electrons. The number of aliphatic imine (C=N–C) groups is 1. The van der Waals surface area contributed by atoms with Gasteiger partial charge in [0.2, 0.25) is 5.91 Å². The van der Waals surface area contributed by atoms with Gasteiger partial charge >= 0.3 is 0 Å². The minimum absolute atomic E-state index is 0.0159. The SMILES string of the molecule is CN1C(=O)[C@H](CCN2CCOCC2)C(c2cc(-c3cccc(C#N)c3)cs2)N=C1N. The molecule has 0 bridgehead atoms. The molecule has 1 aromatic carbocycles. The van der Waals surface area contributed by atoms with Gasteiger partial charge in [0, 0.05) is 25.0 Å². The van der Waals surface area contributed by atoms with E-state index in [0.717, 1.165) is 55.3 Å². The molecule has 4 rings (SSSR count). The highest BCUT2D eigenvalue weighted by molar-refractivity contribution is 7.10. The largest absolute Gasteiger partial charge is 0.379 e. The molecule has 3 heterocycles. The van der Waals surface area contributed by atoms with Gasteiger partial charge in [0.05, 0.1) is 36.8 Å². The predicted molar refractivity (Wildman–Crippen MR) is 117 cm³/mol. The minimum Gasteiger partial charge on any atom is -0.379 e. The molecule has 2 aliphatic heterocycles. The zero-order valence-electron chi connectivity index (χ0n) is 17.0. The maximum atomic E-state index is 13.0. The number of nitriles is 1. The number of rotatable bonds is 5. The van der Waals surface area contributed by atoms with Crippen LogP contribution in [0.25, 0.3) is 11.1 Å². The van der Waals surface area contributed by atoms with Crippen LogP contribution in [0.15, 0.2) is 40.7 Å². The van der Waals surface area contributed by atoms with Crippen LogP contribution in [-0.4, -0.2) is 61.6 Å². The van der Waals surface area contributed by atoms with Crippen LogP contribution in [0.3, 0.4) is 0 Å². The Morgan fingerprint density at radius 3 is 2.87 bits per heavy atom. The molecule has 30 heavy (non-hydrogen) atoms. The Labute approximate surface area is 180 Å². The molecule has 1 unspecified atom stereocenters. The second kappa shape index (κ2) is 8.96. The summed E-state index contributed by atoms with van der Waals surface area (Å²) >= 11 is 1.58. The first-order valence-electron chi connectivity index (χ1n) is 10.1. The van der Waals surface area contributed by atoms with Crippen LogP contribution in [0.1, 0.15) is 22.9 Å². The normalized spacial score (nSPS) is 22.6. The number of carbonyl (C=O) groups is 1. The Morgan fingerprint density at radius 1 is 1.30 bits per heavy atom. The van der Waals surface area contributed by atoms with Gasteiger partial charge in [-0.05, 0) is 47.7 Å². The van der Waals surface area contributed by atoms with E-state index in [1.807, 2.05) is 18.2 Å². The van der Waals surface area contributed by atoms with Gasteiger partial charge in [-0.15, -0.1) is 11.3 Å². The first-order valence-corrected chi connectivity index (χ1v) is 10.9.